The smallest absolute Gasteiger partial charge is 0.129 e. The Morgan fingerprint density at radius 3 is 2.71 bits per heavy atom. The quantitative estimate of drug-likeness (QED) is 0.875. The summed E-state index contributed by atoms with van der Waals surface area (Å²) in [6.45, 7) is 7.56. The molecule has 1 aliphatic carbocycles. The van der Waals surface area contributed by atoms with Gasteiger partial charge in [-0.15, -0.1) is 0 Å². The van der Waals surface area contributed by atoms with Crippen molar-refractivity contribution in [3.05, 3.63) is 34.1 Å². The Bertz CT molecular complexity index is 417. The average molecular weight is 300 g/mol. The highest BCUT2D eigenvalue weighted by Gasteiger charge is 2.44. The van der Waals surface area contributed by atoms with Crippen LogP contribution in [0.1, 0.15) is 38.8 Å². The first-order chi connectivity index (χ1) is 7.90. The van der Waals surface area contributed by atoms with Crippen LogP contribution < -0.4 is 5.32 Å². The summed E-state index contributed by atoms with van der Waals surface area (Å²) in [7, 11) is 0. The zero-order valence-corrected chi connectivity index (χ0v) is 12.1. The number of nitrogens with one attached hydrogen (secondary N) is 1. The SMILES string of the molecule is CC(NCC1CC1(C)C)c1ccc(Br)cc1F. The zero-order chi connectivity index (χ0) is 12.6. The second-order valence-electron chi connectivity index (χ2n) is 5.69. The molecular weight excluding hydrogens is 281 g/mol. The van der Waals surface area contributed by atoms with Crippen LogP contribution in [0, 0.1) is 17.2 Å². The maximum Gasteiger partial charge on any atom is 0.129 e. The van der Waals surface area contributed by atoms with Crippen LogP contribution in [-0.2, 0) is 0 Å². The molecule has 1 aromatic rings. The third-order valence-corrected chi connectivity index (χ3v) is 4.31. The van der Waals surface area contributed by atoms with E-state index in [9.17, 15) is 4.39 Å². The molecule has 0 heterocycles. The fraction of sp³-hybridized carbons (Fsp3) is 0.571. The maximum atomic E-state index is 13.7. The number of rotatable bonds is 4. The number of benzene rings is 1. The molecule has 2 atom stereocenters. The Kier molecular flexibility index (Phi) is 3.60. The molecule has 1 aromatic carbocycles. The van der Waals surface area contributed by atoms with Gasteiger partial charge in [-0.1, -0.05) is 35.8 Å². The van der Waals surface area contributed by atoms with Crippen LogP contribution in [0.2, 0.25) is 0 Å². The van der Waals surface area contributed by atoms with E-state index in [4.69, 9.17) is 0 Å². The molecule has 1 N–H and O–H groups in total. The molecule has 1 aliphatic rings. The van der Waals surface area contributed by atoms with Gasteiger partial charge in [-0.05, 0) is 43.4 Å². The molecule has 17 heavy (non-hydrogen) atoms. The fourth-order valence-electron chi connectivity index (χ4n) is 2.21. The highest BCUT2D eigenvalue weighted by atomic mass is 79.9. The van der Waals surface area contributed by atoms with Crippen molar-refractivity contribution >= 4 is 15.9 Å². The van der Waals surface area contributed by atoms with Crippen LogP contribution >= 0.6 is 15.9 Å². The predicted molar refractivity (Wildman–Crippen MR) is 72.4 cm³/mol. The first-order valence-electron chi connectivity index (χ1n) is 6.08. The molecule has 1 fully saturated rings. The van der Waals surface area contributed by atoms with Gasteiger partial charge in [0.15, 0.2) is 0 Å². The molecule has 0 amide bonds. The molecule has 0 aliphatic heterocycles. The minimum Gasteiger partial charge on any atom is -0.310 e. The fourth-order valence-corrected chi connectivity index (χ4v) is 2.54. The predicted octanol–water partition coefficient (Wildman–Crippen LogP) is 4.28. The number of halogens is 2. The van der Waals surface area contributed by atoms with Crippen molar-refractivity contribution < 1.29 is 4.39 Å². The van der Waals surface area contributed by atoms with Gasteiger partial charge in [0, 0.05) is 16.1 Å². The molecule has 0 radical (unpaired) electrons. The van der Waals surface area contributed by atoms with E-state index in [0.717, 1.165) is 22.5 Å². The lowest BCUT2D eigenvalue weighted by Crippen LogP contribution is -2.23. The standard InChI is InChI=1S/C14H19BrFN/c1-9(17-8-10-7-14(10,2)3)12-5-4-11(15)6-13(12)16/h4-6,9-10,17H,7-8H2,1-3H3. The highest BCUT2D eigenvalue weighted by Crippen LogP contribution is 2.51. The minimum atomic E-state index is -0.144. The van der Waals surface area contributed by atoms with Crippen molar-refractivity contribution in [3.8, 4) is 0 Å². The first-order valence-corrected chi connectivity index (χ1v) is 6.88. The summed E-state index contributed by atoms with van der Waals surface area (Å²) < 4.78 is 14.5. The summed E-state index contributed by atoms with van der Waals surface area (Å²) in [5.41, 5.74) is 1.22. The molecule has 0 saturated heterocycles. The van der Waals surface area contributed by atoms with E-state index in [1.807, 2.05) is 19.1 Å². The van der Waals surface area contributed by atoms with E-state index in [-0.39, 0.29) is 11.9 Å². The van der Waals surface area contributed by atoms with Crippen molar-refractivity contribution in [2.45, 2.75) is 33.2 Å². The van der Waals surface area contributed by atoms with Gasteiger partial charge in [0.2, 0.25) is 0 Å². The molecule has 3 heteroatoms. The van der Waals surface area contributed by atoms with E-state index >= 15 is 0 Å². The van der Waals surface area contributed by atoms with Crippen molar-refractivity contribution in [1.29, 1.82) is 0 Å². The molecule has 2 rings (SSSR count). The van der Waals surface area contributed by atoms with E-state index in [2.05, 4.69) is 35.1 Å². The van der Waals surface area contributed by atoms with Crippen molar-refractivity contribution in [2.75, 3.05) is 6.54 Å². The van der Waals surface area contributed by atoms with E-state index in [1.165, 1.54) is 12.5 Å². The second kappa shape index (κ2) is 4.69. The summed E-state index contributed by atoms with van der Waals surface area (Å²) in [5, 5.41) is 3.42. The molecule has 0 aromatic heterocycles. The lowest BCUT2D eigenvalue weighted by molar-refractivity contribution is 0.472. The Labute approximate surface area is 111 Å². The summed E-state index contributed by atoms with van der Waals surface area (Å²) in [4.78, 5) is 0. The van der Waals surface area contributed by atoms with Crippen LogP contribution in [-0.4, -0.2) is 6.54 Å². The van der Waals surface area contributed by atoms with Gasteiger partial charge in [0.1, 0.15) is 5.82 Å². The molecule has 1 saturated carbocycles. The Balaban J connectivity index is 1.93. The number of hydrogen-bond acceptors (Lipinski definition) is 1. The number of hydrogen-bond donors (Lipinski definition) is 1. The lowest BCUT2D eigenvalue weighted by Gasteiger charge is -2.16. The van der Waals surface area contributed by atoms with E-state index < -0.39 is 0 Å². The summed E-state index contributed by atoms with van der Waals surface area (Å²) in [5.74, 6) is 0.595. The van der Waals surface area contributed by atoms with Gasteiger partial charge in [0.25, 0.3) is 0 Å². The van der Waals surface area contributed by atoms with E-state index in [1.54, 1.807) is 0 Å². The molecule has 0 bridgehead atoms. The molecular formula is C14H19BrFN. The average Bonchev–Trinajstić information content (AvgIpc) is 2.83. The lowest BCUT2D eigenvalue weighted by atomic mass is 10.1. The van der Waals surface area contributed by atoms with Crippen LogP contribution in [0.25, 0.3) is 0 Å². The van der Waals surface area contributed by atoms with Crippen LogP contribution in [0.3, 0.4) is 0 Å². The van der Waals surface area contributed by atoms with Crippen molar-refractivity contribution in [3.63, 3.8) is 0 Å². The topological polar surface area (TPSA) is 12.0 Å². The largest absolute Gasteiger partial charge is 0.310 e. The highest BCUT2D eigenvalue weighted by molar-refractivity contribution is 9.10. The van der Waals surface area contributed by atoms with Crippen molar-refractivity contribution in [1.82, 2.24) is 5.32 Å². The van der Waals surface area contributed by atoms with Gasteiger partial charge < -0.3 is 5.32 Å². The van der Waals surface area contributed by atoms with Crippen molar-refractivity contribution in [2.24, 2.45) is 11.3 Å². The van der Waals surface area contributed by atoms with Gasteiger partial charge in [-0.25, -0.2) is 4.39 Å². The van der Waals surface area contributed by atoms with Gasteiger partial charge in [0.05, 0.1) is 0 Å². The Morgan fingerprint density at radius 1 is 1.53 bits per heavy atom. The molecule has 94 valence electrons. The van der Waals surface area contributed by atoms with Gasteiger partial charge in [-0.2, -0.15) is 0 Å². The Hall–Kier alpha value is -0.410. The molecule has 2 unspecified atom stereocenters. The monoisotopic (exact) mass is 299 g/mol. The summed E-state index contributed by atoms with van der Waals surface area (Å²) >= 11 is 3.27. The molecule has 0 spiro atoms. The Morgan fingerprint density at radius 2 is 2.18 bits per heavy atom. The second-order valence-corrected chi connectivity index (χ2v) is 6.60. The maximum absolute atomic E-state index is 13.7. The molecule has 1 nitrogen and oxygen atoms in total. The van der Waals surface area contributed by atoms with Gasteiger partial charge >= 0.3 is 0 Å². The normalized spacial score (nSPS) is 23.5. The van der Waals surface area contributed by atoms with Gasteiger partial charge in [-0.3, -0.25) is 0 Å². The third-order valence-electron chi connectivity index (χ3n) is 3.82. The zero-order valence-electron chi connectivity index (χ0n) is 10.6. The summed E-state index contributed by atoms with van der Waals surface area (Å²) in [6, 6.07) is 5.32. The van der Waals surface area contributed by atoms with E-state index in [0.29, 0.717) is 5.41 Å². The van der Waals surface area contributed by atoms with Crippen LogP contribution in [0.5, 0.6) is 0 Å². The first kappa shape index (κ1) is 13.0. The van der Waals surface area contributed by atoms with Crippen LogP contribution in [0.15, 0.2) is 22.7 Å². The summed E-state index contributed by atoms with van der Waals surface area (Å²) in [6.07, 6.45) is 1.27. The minimum absolute atomic E-state index is 0.0690. The third kappa shape index (κ3) is 3.08. The van der Waals surface area contributed by atoms with Crippen LogP contribution in [0.4, 0.5) is 4.39 Å².